The molecule has 3 rings (SSSR count). The molecule has 1 amide bonds. The van der Waals surface area contributed by atoms with Gasteiger partial charge in [0.05, 0.1) is 17.1 Å². The SMILES string of the molecule is CN1C(=O)Cc2cc(C(=O)c3cccc(N)c3Cl)ccc21. The molecular formula is C16H13ClN2O2. The molecule has 1 heterocycles. The van der Waals surface area contributed by atoms with Crippen molar-refractivity contribution in [3.05, 3.63) is 58.1 Å². The van der Waals surface area contributed by atoms with Crippen LogP contribution in [0.25, 0.3) is 0 Å². The van der Waals surface area contributed by atoms with E-state index in [-0.39, 0.29) is 16.7 Å². The van der Waals surface area contributed by atoms with E-state index in [4.69, 9.17) is 17.3 Å². The minimum atomic E-state index is -0.197. The second kappa shape index (κ2) is 4.90. The molecule has 0 atom stereocenters. The molecule has 0 aliphatic carbocycles. The molecule has 1 aliphatic rings. The van der Waals surface area contributed by atoms with E-state index < -0.39 is 0 Å². The first-order chi connectivity index (χ1) is 9.99. The van der Waals surface area contributed by atoms with Gasteiger partial charge in [0.2, 0.25) is 5.91 Å². The number of nitrogen functional groups attached to an aromatic ring is 1. The van der Waals surface area contributed by atoms with Gasteiger partial charge in [0, 0.05) is 23.9 Å². The van der Waals surface area contributed by atoms with E-state index in [1.165, 1.54) is 0 Å². The number of likely N-dealkylation sites (N-methyl/N-ethyl adjacent to an activating group) is 1. The molecule has 1 aliphatic heterocycles. The van der Waals surface area contributed by atoms with Crippen molar-refractivity contribution in [1.82, 2.24) is 0 Å². The van der Waals surface area contributed by atoms with E-state index in [0.717, 1.165) is 11.3 Å². The van der Waals surface area contributed by atoms with Crippen molar-refractivity contribution in [2.45, 2.75) is 6.42 Å². The number of rotatable bonds is 2. The summed E-state index contributed by atoms with van der Waals surface area (Å²) in [6, 6.07) is 10.2. The Morgan fingerprint density at radius 3 is 2.81 bits per heavy atom. The zero-order valence-electron chi connectivity index (χ0n) is 11.4. The molecule has 0 saturated heterocycles. The number of ketones is 1. The number of benzene rings is 2. The number of amides is 1. The van der Waals surface area contributed by atoms with Crippen molar-refractivity contribution in [2.75, 3.05) is 17.7 Å². The van der Waals surface area contributed by atoms with E-state index in [1.807, 2.05) is 0 Å². The minimum Gasteiger partial charge on any atom is -0.398 e. The van der Waals surface area contributed by atoms with Crippen molar-refractivity contribution in [3.63, 3.8) is 0 Å². The Kier molecular flexibility index (Phi) is 3.18. The Bertz CT molecular complexity index is 771. The van der Waals surface area contributed by atoms with Crippen LogP contribution in [0.15, 0.2) is 36.4 Å². The average Bonchev–Trinajstić information content (AvgIpc) is 2.76. The van der Waals surface area contributed by atoms with Gasteiger partial charge in [-0.2, -0.15) is 0 Å². The predicted octanol–water partition coefficient (Wildman–Crippen LogP) is 2.67. The minimum absolute atomic E-state index is 0.0246. The molecular weight excluding hydrogens is 288 g/mol. The lowest BCUT2D eigenvalue weighted by Gasteiger charge is -2.11. The van der Waals surface area contributed by atoms with Crippen molar-refractivity contribution in [3.8, 4) is 0 Å². The number of anilines is 2. The fourth-order valence-corrected chi connectivity index (χ4v) is 2.70. The van der Waals surface area contributed by atoms with Gasteiger partial charge in [-0.05, 0) is 35.9 Å². The highest BCUT2D eigenvalue weighted by Gasteiger charge is 2.25. The Labute approximate surface area is 127 Å². The molecule has 0 radical (unpaired) electrons. The molecule has 0 aromatic heterocycles. The number of hydrogen-bond donors (Lipinski definition) is 1. The monoisotopic (exact) mass is 300 g/mol. The maximum Gasteiger partial charge on any atom is 0.231 e. The van der Waals surface area contributed by atoms with E-state index >= 15 is 0 Å². The molecule has 2 aromatic rings. The highest BCUT2D eigenvalue weighted by Crippen LogP contribution is 2.30. The molecule has 0 saturated carbocycles. The Morgan fingerprint density at radius 1 is 1.29 bits per heavy atom. The molecule has 0 bridgehead atoms. The lowest BCUT2D eigenvalue weighted by Crippen LogP contribution is -2.20. The highest BCUT2D eigenvalue weighted by molar-refractivity contribution is 6.37. The van der Waals surface area contributed by atoms with Crippen LogP contribution in [0.5, 0.6) is 0 Å². The summed E-state index contributed by atoms with van der Waals surface area (Å²) in [5.74, 6) is -0.173. The van der Waals surface area contributed by atoms with Crippen molar-refractivity contribution < 1.29 is 9.59 Å². The zero-order chi connectivity index (χ0) is 15.1. The summed E-state index contributed by atoms with van der Waals surface area (Å²) in [6.45, 7) is 0. The van der Waals surface area contributed by atoms with Gasteiger partial charge in [-0.15, -0.1) is 0 Å². The first kappa shape index (κ1) is 13.6. The summed E-state index contributed by atoms with van der Waals surface area (Å²) < 4.78 is 0. The van der Waals surface area contributed by atoms with Crippen molar-refractivity contribution in [1.29, 1.82) is 0 Å². The number of carbonyl (C=O) groups is 2. The molecule has 0 fully saturated rings. The molecule has 2 N–H and O–H groups in total. The van der Waals surface area contributed by atoms with Gasteiger partial charge >= 0.3 is 0 Å². The number of nitrogens with zero attached hydrogens (tertiary/aromatic N) is 1. The zero-order valence-corrected chi connectivity index (χ0v) is 12.1. The summed E-state index contributed by atoms with van der Waals surface area (Å²) in [4.78, 5) is 25.8. The standard InChI is InChI=1S/C16H13ClN2O2/c1-19-13-6-5-9(7-10(13)8-14(19)20)16(21)11-3-2-4-12(18)15(11)17/h2-7H,8,18H2,1H3. The fraction of sp³-hybridized carbons (Fsp3) is 0.125. The third-order valence-corrected chi connectivity index (χ3v) is 4.11. The number of fused-ring (bicyclic) bond motifs is 1. The van der Waals surface area contributed by atoms with Gasteiger partial charge < -0.3 is 10.6 Å². The number of carbonyl (C=O) groups excluding carboxylic acids is 2. The largest absolute Gasteiger partial charge is 0.398 e. The Morgan fingerprint density at radius 2 is 2.05 bits per heavy atom. The number of nitrogens with two attached hydrogens (primary N) is 1. The van der Waals surface area contributed by atoms with E-state index in [1.54, 1.807) is 48.3 Å². The van der Waals surface area contributed by atoms with Crippen LogP contribution in [0.2, 0.25) is 5.02 Å². The number of halogens is 1. The van der Waals surface area contributed by atoms with E-state index in [9.17, 15) is 9.59 Å². The average molecular weight is 301 g/mol. The number of hydrogen-bond acceptors (Lipinski definition) is 3. The quantitative estimate of drug-likeness (QED) is 0.685. The second-order valence-electron chi connectivity index (χ2n) is 5.01. The van der Waals surface area contributed by atoms with Crippen LogP contribution in [-0.4, -0.2) is 18.7 Å². The molecule has 4 nitrogen and oxygen atoms in total. The highest BCUT2D eigenvalue weighted by atomic mass is 35.5. The topological polar surface area (TPSA) is 63.4 Å². The van der Waals surface area contributed by atoms with Gasteiger partial charge in [0.15, 0.2) is 5.78 Å². The van der Waals surface area contributed by atoms with Crippen LogP contribution in [0.1, 0.15) is 21.5 Å². The van der Waals surface area contributed by atoms with Crippen LogP contribution in [0.3, 0.4) is 0 Å². The van der Waals surface area contributed by atoms with Crippen LogP contribution in [0, 0.1) is 0 Å². The van der Waals surface area contributed by atoms with Gasteiger partial charge in [0.1, 0.15) is 0 Å². The summed E-state index contributed by atoms with van der Waals surface area (Å²) in [5.41, 5.74) is 8.67. The van der Waals surface area contributed by atoms with Gasteiger partial charge in [-0.25, -0.2) is 0 Å². The molecule has 0 unspecified atom stereocenters. The molecule has 5 heteroatoms. The van der Waals surface area contributed by atoms with Crippen LogP contribution in [0.4, 0.5) is 11.4 Å². The van der Waals surface area contributed by atoms with Gasteiger partial charge in [-0.3, -0.25) is 9.59 Å². The maximum absolute atomic E-state index is 12.5. The second-order valence-corrected chi connectivity index (χ2v) is 5.39. The lowest BCUT2D eigenvalue weighted by molar-refractivity contribution is -0.117. The van der Waals surface area contributed by atoms with Crippen LogP contribution < -0.4 is 10.6 Å². The Balaban J connectivity index is 2.02. The van der Waals surface area contributed by atoms with Crippen LogP contribution in [-0.2, 0) is 11.2 Å². The molecule has 0 spiro atoms. The molecule has 2 aromatic carbocycles. The summed E-state index contributed by atoms with van der Waals surface area (Å²) in [6.07, 6.45) is 0.317. The lowest BCUT2D eigenvalue weighted by atomic mass is 10.00. The summed E-state index contributed by atoms with van der Waals surface area (Å²) in [7, 11) is 1.73. The van der Waals surface area contributed by atoms with Gasteiger partial charge in [-0.1, -0.05) is 17.7 Å². The normalized spacial score (nSPS) is 13.4. The van der Waals surface area contributed by atoms with E-state index in [2.05, 4.69) is 0 Å². The van der Waals surface area contributed by atoms with E-state index in [0.29, 0.717) is 23.2 Å². The fourth-order valence-electron chi connectivity index (χ4n) is 2.49. The third kappa shape index (κ3) is 2.17. The predicted molar refractivity (Wildman–Crippen MR) is 82.9 cm³/mol. The van der Waals surface area contributed by atoms with Crippen LogP contribution >= 0.6 is 11.6 Å². The Hall–Kier alpha value is -2.33. The third-order valence-electron chi connectivity index (χ3n) is 3.69. The molecule has 106 valence electrons. The summed E-state index contributed by atoms with van der Waals surface area (Å²) >= 11 is 6.09. The van der Waals surface area contributed by atoms with Crippen molar-refractivity contribution in [2.24, 2.45) is 0 Å². The maximum atomic E-state index is 12.5. The van der Waals surface area contributed by atoms with Gasteiger partial charge in [0.25, 0.3) is 0 Å². The van der Waals surface area contributed by atoms with Crippen molar-refractivity contribution >= 4 is 34.7 Å². The summed E-state index contributed by atoms with van der Waals surface area (Å²) in [5, 5.41) is 0.260. The molecule has 21 heavy (non-hydrogen) atoms. The first-order valence-electron chi connectivity index (χ1n) is 6.47. The first-order valence-corrected chi connectivity index (χ1v) is 6.85. The smallest absolute Gasteiger partial charge is 0.231 e.